The number of hydrogen-bond acceptors (Lipinski definition) is 1. The van der Waals surface area contributed by atoms with Crippen LogP contribution in [0, 0.1) is 0 Å². The molecular formula is C14H17ClO. The van der Waals surface area contributed by atoms with Crippen LogP contribution in [0.3, 0.4) is 0 Å². The summed E-state index contributed by atoms with van der Waals surface area (Å²) in [6.45, 7) is 5.78. The Morgan fingerprint density at radius 2 is 2.25 bits per heavy atom. The Kier molecular flexibility index (Phi) is 5.13. The van der Waals surface area contributed by atoms with E-state index in [4.69, 9.17) is 11.6 Å². The van der Waals surface area contributed by atoms with Crippen LogP contribution in [0.25, 0.3) is 0 Å². The molecule has 1 N–H and O–H groups in total. The quantitative estimate of drug-likeness (QED) is 0.747. The van der Waals surface area contributed by atoms with E-state index in [1.165, 1.54) is 5.57 Å². The molecule has 0 aliphatic carbocycles. The lowest BCUT2D eigenvalue weighted by Crippen LogP contribution is -1.85. The Balaban J connectivity index is 2.66. The summed E-state index contributed by atoms with van der Waals surface area (Å²) in [4.78, 5) is 0. The van der Waals surface area contributed by atoms with Gasteiger partial charge in [0.1, 0.15) is 5.75 Å². The highest BCUT2D eigenvalue weighted by molar-refractivity contribution is 6.30. The lowest BCUT2D eigenvalue weighted by Gasteiger charge is -2.03. The first kappa shape index (κ1) is 12.9. The molecule has 0 bridgehead atoms. The molecule has 0 aromatic heterocycles. The first-order valence-electron chi connectivity index (χ1n) is 5.37. The molecule has 0 aliphatic heterocycles. The van der Waals surface area contributed by atoms with Crippen molar-refractivity contribution in [2.75, 3.05) is 0 Å². The van der Waals surface area contributed by atoms with Crippen molar-refractivity contribution >= 4 is 11.6 Å². The van der Waals surface area contributed by atoms with Crippen LogP contribution in [0.1, 0.15) is 25.3 Å². The van der Waals surface area contributed by atoms with E-state index in [1.807, 2.05) is 6.08 Å². The Morgan fingerprint density at radius 3 is 2.94 bits per heavy atom. The van der Waals surface area contributed by atoms with E-state index in [2.05, 4.69) is 19.6 Å². The molecular weight excluding hydrogens is 220 g/mol. The number of benzene rings is 1. The summed E-state index contributed by atoms with van der Waals surface area (Å²) in [6.07, 6.45) is 6.76. The Bertz CT molecular complexity index is 394. The zero-order valence-corrected chi connectivity index (χ0v) is 10.3. The van der Waals surface area contributed by atoms with Gasteiger partial charge in [-0.2, -0.15) is 0 Å². The second-order valence-electron chi connectivity index (χ2n) is 3.85. The number of aromatic hydroxyl groups is 1. The maximum Gasteiger partial charge on any atom is 0.119 e. The predicted octanol–water partition coefficient (Wildman–Crippen LogP) is 4.50. The van der Waals surface area contributed by atoms with E-state index in [1.54, 1.807) is 18.2 Å². The number of hydrogen-bond donors (Lipinski definition) is 1. The van der Waals surface area contributed by atoms with Crippen molar-refractivity contribution in [3.63, 3.8) is 0 Å². The van der Waals surface area contributed by atoms with Crippen molar-refractivity contribution in [1.82, 2.24) is 0 Å². The van der Waals surface area contributed by atoms with Crippen LogP contribution in [-0.2, 0) is 6.42 Å². The van der Waals surface area contributed by atoms with Crippen molar-refractivity contribution in [3.05, 3.63) is 53.1 Å². The van der Waals surface area contributed by atoms with Crippen LogP contribution in [0.5, 0.6) is 5.75 Å². The van der Waals surface area contributed by atoms with Gasteiger partial charge < -0.3 is 5.11 Å². The van der Waals surface area contributed by atoms with Crippen molar-refractivity contribution in [2.45, 2.75) is 26.2 Å². The standard InChI is InChI=1S/C14H17ClO/c1-3-4-5-11(2)6-7-12-10-13(15)8-9-14(12)16/h3,6,8-10,16H,1,4-5,7H2,2H3/b11-6+. The average Bonchev–Trinajstić information content (AvgIpc) is 2.27. The molecule has 0 aliphatic rings. The minimum atomic E-state index is 0.303. The second-order valence-corrected chi connectivity index (χ2v) is 4.29. The molecule has 1 aromatic rings. The van der Waals surface area contributed by atoms with Gasteiger partial charge in [-0.1, -0.05) is 29.3 Å². The largest absolute Gasteiger partial charge is 0.508 e. The maximum absolute atomic E-state index is 9.62. The van der Waals surface area contributed by atoms with E-state index < -0.39 is 0 Å². The zero-order valence-electron chi connectivity index (χ0n) is 9.54. The minimum absolute atomic E-state index is 0.303. The van der Waals surface area contributed by atoms with Crippen LogP contribution in [0.15, 0.2) is 42.5 Å². The molecule has 86 valence electrons. The highest BCUT2D eigenvalue weighted by atomic mass is 35.5. The molecule has 1 aromatic carbocycles. The van der Waals surface area contributed by atoms with E-state index >= 15 is 0 Å². The molecule has 0 atom stereocenters. The molecule has 0 saturated heterocycles. The van der Waals surface area contributed by atoms with Gasteiger partial charge in [-0.05, 0) is 49.9 Å². The van der Waals surface area contributed by atoms with Gasteiger partial charge in [0.25, 0.3) is 0 Å². The fourth-order valence-electron chi connectivity index (χ4n) is 1.43. The smallest absolute Gasteiger partial charge is 0.119 e. The molecule has 0 heterocycles. The number of phenols is 1. The van der Waals surface area contributed by atoms with Crippen molar-refractivity contribution in [3.8, 4) is 5.75 Å². The fraction of sp³-hybridized carbons (Fsp3) is 0.286. The molecule has 2 heteroatoms. The van der Waals surface area contributed by atoms with Crippen LogP contribution in [0.2, 0.25) is 5.02 Å². The van der Waals surface area contributed by atoms with Crippen LogP contribution in [-0.4, -0.2) is 5.11 Å². The van der Waals surface area contributed by atoms with Gasteiger partial charge in [-0.3, -0.25) is 0 Å². The second kappa shape index (κ2) is 6.39. The van der Waals surface area contributed by atoms with E-state index in [0.29, 0.717) is 10.8 Å². The highest BCUT2D eigenvalue weighted by Gasteiger charge is 2.00. The monoisotopic (exact) mass is 236 g/mol. The van der Waals surface area contributed by atoms with E-state index in [9.17, 15) is 5.11 Å². The number of allylic oxidation sites excluding steroid dienone is 3. The molecule has 0 saturated carbocycles. The average molecular weight is 237 g/mol. The molecule has 1 rings (SSSR count). The molecule has 0 radical (unpaired) electrons. The first-order chi connectivity index (χ1) is 7.63. The van der Waals surface area contributed by atoms with Gasteiger partial charge >= 0.3 is 0 Å². The summed E-state index contributed by atoms with van der Waals surface area (Å²) >= 11 is 5.87. The zero-order chi connectivity index (χ0) is 12.0. The maximum atomic E-state index is 9.62. The van der Waals surface area contributed by atoms with E-state index in [-0.39, 0.29) is 0 Å². The highest BCUT2D eigenvalue weighted by Crippen LogP contribution is 2.22. The molecule has 0 amide bonds. The van der Waals surface area contributed by atoms with Gasteiger partial charge in [0.2, 0.25) is 0 Å². The summed E-state index contributed by atoms with van der Waals surface area (Å²) in [5.41, 5.74) is 2.17. The third-order valence-electron chi connectivity index (χ3n) is 2.45. The molecule has 0 unspecified atom stereocenters. The van der Waals surface area contributed by atoms with Gasteiger partial charge in [0.05, 0.1) is 0 Å². The van der Waals surface area contributed by atoms with Gasteiger partial charge in [-0.25, -0.2) is 0 Å². The predicted molar refractivity (Wildman–Crippen MR) is 70.0 cm³/mol. The van der Waals surface area contributed by atoms with Crippen molar-refractivity contribution in [1.29, 1.82) is 0 Å². The minimum Gasteiger partial charge on any atom is -0.508 e. The fourth-order valence-corrected chi connectivity index (χ4v) is 1.63. The van der Waals surface area contributed by atoms with E-state index in [0.717, 1.165) is 24.8 Å². The topological polar surface area (TPSA) is 20.2 Å². The summed E-state index contributed by atoms with van der Waals surface area (Å²) in [5, 5.41) is 10.3. The summed E-state index contributed by atoms with van der Waals surface area (Å²) in [7, 11) is 0. The Labute approximate surface area is 102 Å². The Hall–Kier alpha value is -1.21. The third kappa shape index (κ3) is 4.11. The Morgan fingerprint density at radius 1 is 1.50 bits per heavy atom. The van der Waals surface area contributed by atoms with Gasteiger partial charge in [-0.15, -0.1) is 6.58 Å². The number of rotatable bonds is 5. The molecule has 16 heavy (non-hydrogen) atoms. The summed E-state index contributed by atoms with van der Waals surface area (Å²) in [5.74, 6) is 0.303. The van der Waals surface area contributed by atoms with Crippen LogP contribution >= 0.6 is 11.6 Å². The molecule has 0 fully saturated rings. The van der Waals surface area contributed by atoms with Gasteiger partial charge in [0, 0.05) is 5.02 Å². The van der Waals surface area contributed by atoms with Crippen molar-refractivity contribution < 1.29 is 5.11 Å². The first-order valence-corrected chi connectivity index (χ1v) is 5.75. The summed E-state index contributed by atoms with van der Waals surface area (Å²) in [6, 6.07) is 5.12. The lowest BCUT2D eigenvalue weighted by atomic mass is 10.1. The molecule has 0 spiro atoms. The third-order valence-corrected chi connectivity index (χ3v) is 2.69. The number of halogens is 1. The normalized spacial score (nSPS) is 11.5. The molecule has 1 nitrogen and oxygen atoms in total. The van der Waals surface area contributed by atoms with Crippen molar-refractivity contribution in [2.24, 2.45) is 0 Å². The van der Waals surface area contributed by atoms with Crippen LogP contribution < -0.4 is 0 Å². The SMILES string of the molecule is C=CCC/C(C)=C/Cc1cc(Cl)ccc1O. The lowest BCUT2D eigenvalue weighted by molar-refractivity contribution is 0.469. The summed E-state index contributed by atoms with van der Waals surface area (Å²) < 4.78 is 0. The van der Waals surface area contributed by atoms with Gasteiger partial charge in [0.15, 0.2) is 0 Å². The van der Waals surface area contributed by atoms with Crippen LogP contribution in [0.4, 0.5) is 0 Å². The number of phenolic OH excluding ortho intramolecular Hbond substituents is 1.